The Hall–Kier alpha value is -0.850. The fourth-order valence-corrected chi connectivity index (χ4v) is 3.84. The van der Waals surface area contributed by atoms with E-state index < -0.39 is 11.7 Å². The van der Waals surface area contributed by atoms with Crippen molar-refractivity contribution >= 4 is 22.7 Å². The summed E-state index contributed by atoms with van der Waals surface area (Å²) < 4.78 is 39.4. The molecule has 0 radical (unpaired) electrons. The molecule has 0 spiro atoms. The number of thiophene rings is 2. The van der Waals surface area contributed by atoms with Gasteiger partial charge in [-0.15, -0.1) is 22.7 Å². The highest BCUT2D eigenvalue weighted by molar-refractivity contribution is 7.10. The lowest BCUT2D eigenvalue weighted by Crippen LogP contribution is -2.46. The normalized spacial score (nSPS) is 18.9. The van der Waals surface area contributed by atoms with Gasteiger partial charge in [-0.25, -0.2) is 0 Å². The van der Waals surface area contributed by atoms with Crippen LogP contribution in [-0.4, -0.2) is 11.7 Å². The molecule has 2 aromatic heterocycles. The van der Waals surface area contributed by atoms with Gasteiger partial charge in [0.05, 0.1) is 0 Å². The number of hydrogen-bond donors (Lipinski definition) is 1. The first-order valence-electron chi connectivity index (χ1n) is 6.40. The Morgan fingerprint density at radius 2 is 1.85 bits per heavy atom. The van der Waals surface area contributed by atoms with Crippen LogP contribution in [0.1, 0.15) is 28.6 Å². The minimum absolute atomic E-state index is 0.183. The minimum atomic E-state index is -4.17. The zero-order valence-corrected chi connectivity index (χ0v) is 12.2. The summed E-state index contributed by atoms with van der Waals surface area (Å²) in [5, 5.41) is 6.74. The van der Waals surface area contributed by atoms with Gasteiger partial charge in [0, 0.05) is 22.2 Å². The molecule has 0 aromatic carbocycles. The van der Waals surface area contributed by atoms with Gasteiger partial charge in [0.2, 0.25) is 0 Å². The van der Waals surface area contributed by atoms with Gasteiger partial charge in [-0.3, -0.25) is 5.32 Å². The summed E-state index contributed by atoms with van der Waals surface area (Å²) in [6, 6.07) is 7.43. The Bertz CT molecular complexity index is 541. The molecule has 1 aliphatic carbocycles. The minimum Gasteiger partial charge on any atom is -0.296 e. The van der Waals surface area contributed by atoms with Crippen molar-refractivity contribution in [1.82, 2.24) is 5.32 Å². The fraction of sp³-hybridized carbons (Fsp3) is 0.429. The third kappa shape index (κ3) is 2.77. The third-order valence-electron chi connectivity index (χ3n) is 3.62. The van der Waals surface area contributed by atoms with Gasteiger partial charge in [0.1, 0.15) is 5.54 Å². The van der Waals surface area contributed by atoms with Crippen LogP contribution in [-0.2, 0) is 6.42 Å². The number of hydrogen-bond acceptors (Lipinski definition) is 3. The summed E-state index contributed by atoms with van der Waals surface area (Å²) in [5.41, 5.74) is -1.67. The predicted molar refractivity (Wildman–Crippen MR) is 76.2 cm³/mol. The van der Waals surface area contributed by atoms with Crippen molar-refractivity contribution in [2.45, 2.75) is 37.0 Å². The quantitative estimate of drug-likeness (QED) is 0.837. The molecule has 3 rings (SSSR count). The molecule has 0 saturated heterocycles. The largest absolute Gasteiger partial charge is 0.406 e. The van der Waals surface area contributed by atoms with Gasteiger partial charge >= 0.3 is 6.18 Å². The van der Waals surface area contributed by atoms with Crippen molar-refractivity contribution in [2.24, 2.45) is 0 Å². The van der Waals surface area contributed by atoms with E-state index >= 15 is 0 Å². The van der Waals surface area contributed by atoms with Crippen LogP contribution in [0.5, 0.6) is 0 Å². The monoisotopic (exact) mass is 317 g/mol. The topological polar surface area (TPSA) is 12.0 Å². The average Bonchev–Trinajstić information content (AvgIpc) is 2.83. The summed E-state index contributed by atoms with van der Waals surface area (Å²) in [5.74, 6) is 0. The maximum absolute atomic E-state index is 13.1. The van der Waals surface area contributed by atoms with Crippen LogP contribution in [0.15, 0.2) is 35.0 Å². The predicted octanol–water partition coefficient (Wildman–Crippen LogP) is 4.78. The Balaban J connectivity index is 1.80. The standard InChI is InChI=1S/C14H14F3NS2/c15-14(16,17)13(5-6-13)18-11(12-4-2-8-20-12)9-10-3-1-7-19-10/h1-4,7-8,11,18H,5-6,9H2. The lowest BCUT2D eigenvalue weighted by atomic mass is 10.1. The van der Waals surface area contributed by atoms with Gasteiger partial charge in [0.25, 0.3) is 0 Å². The Kier molecular flexibility index (Phi) is 3.64. The molecule has 20 heavy (non-hydrogen) atoms. The van der Waals surface area contributed by atoms with Crippen LogP contribution in [0, 0.1) is 0 Å². The van der Waals surface area contributed by atoms with Gasteiger partial charge in [0.15, 0.2) is 0 Å². The van der Waals surface area contributed by atoms with E-state index in [1.165, 1.54) is 11.3 Å². The molecular formula is C14H14F3NS2. The summed E-state index contributed by atoms with van der Waals surface area (Å²) in [4.78, 5) is 2.07. The average molecular weight is 317 g/mol. The Morgan fingerprint density at radius 3 is 2.35 bits per heavy atom. The molecule has 1 nitrogen and oxygen atoms in total. The molecule has 0 amide bonds. The second kappa shape index (κ2) is 5.16. The number of rotatable bonds is 5. The molecule has 1 aliphatic rings. The summed E-state index contributed by atoms with van der Waals surface area (Å²) >= 11 is 3.09. The summed E-state index contributed by atoms with van der Waals surface area (Å²) in [6.45, 7) is 0. The van der Waals surface area contributed by atoms with E-state index in [0.717, 1.165) is 9.75 Å². The summed E-state index contributed by atoms with van der Waals surface area (Å²) in [7, 11) is 0. The van der Waals surface area contributed by atoms with Crippen molar-refractivity contribution in [3.8, 4) is 0 Å². The molecule has 0 bridgehead atoms. The van der Waals surface area contributed by atoms with Crippen molar-refractivity contribution in [3.63, 3.8) is 0 Å². The van der Waals surface area contributed by atoms with E-state index in [1.54, 1.807) is 11.3 Å². The molecule has 1 saturated carbocycles. The first-order valence-corrected chi connectivity index (χ1v) is 8.16. The van der Waals surface area contributed by atoms with E-state index in [4.69, 9.17) is 0 Å². The molecule has 1 unspecified atom stereocenters. The first-order chi connectivity index (χ1) is 9.50. The lowest BCUT2D eigenvalue weighted by Gasteiger charge is -2.26. The van der Waals surface area contributed by atoms with E-state index in [2.05, 4.69) is 5.32 Å². The van der Waals surface area contributed by atoms with Crippen molar-refractivity contribution < 1.29 is 13.2 Å². The zero-order chi connectivity index (χ0) is 14.2. The molecule has 0 aliphatic heterocycles. The number of nitrogens with one attached hydrogen (secondary N) is 1. The fourth-order valence-electron chi connectivity index (χ4n) is 2.31. The number of halogens is 3. The molecular weight excluding hydrogens is 303 g/mol. The SMILES string of the molecule is FC(F)(F)C1(NC(Cc2cccs2)c2cccs2)CC1. The molecule has 1 atom stereocenters. The van der Waals surface area contributed by atoms with Crippen LogP contribution in [0.2, 0.25) is 0 Å². The first kappa shape index (κ1) is 14.1. The number of alkyl halides is 3. The van der Waals surface area contributed by atoms with Crippen LogP contribution >= 0.6 is 22.7 Å². The second-order valence-corrected chi connectivity index (χ2v) is 7.09. The smallest absolute Gasteiger partial charge is 0.296 e. The molecule has 2 aromatic rings. The highest BCUT2D eigenvalue weighted by Gasteiger charge is 2.63. The Morgan fingerprint density at radius 1 is 1.15 bits per heavy atom. The highest BCUT2D eigenvalue weighted by Crippen LogP contribution is 2.50. The van der Waals surface area contributed by atoms with Crippen LogP contribution in [0.25, 0.3) is 0 Å². The van der Waals surface area contributed by atoms with Crippen molar-refractivity contribution in [3.05, 3.63) is 44.8 Å². The van der Waals surface area contributed by atoms with Gasteiger partial charge in [-0.05, 0) is 35.7 Å². The highest BCUT2D eigenvalue weighted by atomic mass is 32.1. The van der Waals surface area contributed by atoms with Crippen molar-refractivity contribution in [1.29, 1.82) is 0 Å². The van der Waals surface area contributed by atoms with Gasteiger partial charge in [-0.2, -0.15) is 13.2 Å². The second-order valence-electron chi connectivity index (χ2n) is 5.08. The van der Waals surface area contributed by atoms with Gasteiger partial charge in [-0.1, -0.05) is 12.1 Å². The van der Waals surface area contributed by atoms with Crippen LogP contribution in [0.4, 0.5) is 13.2 Å². The molecule has 108 valence electrons. The van der Waals surface area contributed by atoms with E-state index in [1.807, 2.05) is 35.0 Å². The Labute approximate surface area is 123 Å². The van der Waals surface area contributed by atoms with Crippen LogP contribution in [0.3, 0.4) is 0 Å². The molecule has 2 heterocycles. The molecule has 6 heteroatoms. The third-order valence-corrected chi connectivity index (χ3v) is 5.50. The van der Waals surface area contributed by atoms with Crippen molar-refractivity contribution in [2.75, 3.05) is 0 Å². The molecule has 1 N–H and O–H groups in total. The van der Waals surface area contributed by atoms with Crippen LogP contribution < -0.4 is 5.32 Å². The van der Waals surface area contributed by atoms with E-state index in [0.29, 0.717) is 6.42 Å². The maximum atomic E-state index is 13.1. The maximum Gasteiger partial charge on any atom is 0.406 e. The van der Waals surface area contributed by atoms with E-state index in [-0.39, 0.29) is 18.9 Å². The van der Waals surface area contributed by atoms with E-state index in [9.17, 15) is 13.2 Å². The summed E-state index contributed by atoms with van der Waals surface area (Å²) in [6.07, 6.45) is -3.19. The lowest BCUT2D eigenvalue weighted by molar-refractivity contribution is -0.168. The zero-order valence-electron chi connectivity index (χ0n) is 10.6. The van der Waals surface area contributed by atoms with Gasteiger partial charge < -0.3 is 0 Å². The molecule has 1 fully saturated rings.